The van der Waals surface area contributed by atoms with Crippen LogP contribution in [0.3, 0.4) is 0 Å². The third kappa shape index (κ3) is 2.69. The molecule has 2 aromatic rings. The van der Waals surface area contributed by atoms with E-state index in [1.165, 1.54) is 0 Å². The fourth-order valence-electron chi connectivity index (χ4n) is 3.21. The van der Waals surface area contributed by atoms with Gasteiger partial charge in [0.05, 0.1) is 11.9 Å². The smallest absolute Gasteiger partial charge is 0.345 e. The monoisotopic (exact) mass is 332 g/mol. The molecular formula is C16H20N4O4. The highest BCUT2D eigenvalue weighted by Gasteiger charge is 2.27. The SMILES string of the molecule is CNCCCn1ncc2c1CCCc1c-2[nH]c(=O)c(C(=O)O)c1O. The topological polar surface area (TPSA) is 120 Å². The lowest BCUT2D eigenvalue weighted by Crippen LogP contribution is -2.19. The van der Waals surface area contributed by atoms with E-state index in [0.29, 0.717) is 17.7 Å². The lowest BCUT2D eigenvalue weighted by atomic mass is 10.0. The fourth-order valence-corrected chi connectivity index (χ4v) is 3.21. The van der Waals surface area contributed by atoms with Gasteiger partial charge in [-0.1, -0.05) is 0 Å². The number of carboxylic acid groups (broad SMARTS) is 1. The van der Waals surface area contributed by atoms with E-state index in [1.807, 2.05) is 11.7 Å². The molecule has 0 saturated heterocycles. The number of nitrogens with zero attached hydrogens (tertiary/aromatic N) is 2. The zero-order chi connectivity index (χ0) is 17.3. The van der Waals surface area contributed by atoms with E-state index >= 15 is 0 Å². The van der Waals surface area contributed by atoms with Crippen molar-refractivity contribution in [3.8, 4) is 17.0 Å². The first-order valence-corrected chi connectivity index (χ1v) is 7.95. The van der Waals surface area contributed by atoms with E-state index in [4.69, 9.17) is 5.11 Å². The standard InChI is InChI=1S/C16H20N4O4/c1-17-6-3-7-20-11-5-2-4-9-13(10(11)8-18-20)19-15(22)12(14(9)21)16(23)24/h8,17H,2-7H2,1H3,(H,23,24)(H2,19,21,22). The summed E-state index contributed by atoms with van der Waals surface area (Å²) in [4.78, 5) is 25.9. The van der Waals surface area contributed by atoms with Crippen molar-refractivity contribution in [1.82, 2.24) is 20.1 Å². The molecule has 0 fully saturated rings. The van der Waals surface area contributed by atoms with Gasteiger partial charge >= 0.3 is 5.97 Å². The maximum atomic E-state index is 12.1. The molecule has 4 N–H and O–H groups in total. The van der Waals surface area contributed by atoms with E-state index in [0.717, 1.165) is 43.6 Å². The number of aromatic amines is 1. The van der Waals surface area contributed by atoms with Crippen molar-refractivity contribution in [2.45, 2.75) is 32.2 Å². The van der Waals surface area contributed by atoms with Crippen LogP contribution in [0.2, 0.25) is 0 Å². The summed E-state index contributed by atoms with van der Waals surface area (Å²) in [7, 11) is 1.90. The molecule has 3 rings (SSSR count). The van der Waals surface area contributed by atoms with Gasteiger partial charge in [-0.2, -0.15) is 5.10 Å². The minimum absolute atomic E-state index is 0.433. The van der Waals surface area contributed by atoms with Crippen LogP contribution in [0.15, 0.2) is 11.0 Å². The second-order valence-electron chi connectivity index (χ2n) is 5.88. The number of hydrogen-bond acceptors (Lipinski definition) is 5. The first-order valence-electron chi connectivity index (χ1n) is 7.95. The molecule has 0 unspecified atom stereocenters. The number of hydrogen-bond donors (Lipinski definition) is 4. The molecule has 1 aliphatic rings. The number of aromatic carboxylic acids is 1. The van der Waals surface area contributed by atoms with Crippen molar-refractivity contribution in [2.24, 2.45) is 0 Å². The minimum atomic E-state index is -1.43. The van der Waals surface area contributed by atoms with Crippen molar-refractivity contribution in [3.05, 3.63) is 33.4 Å². The molecule has 0 saturated carbocycles. The maximum Gasteiger partial charge on any atom is 0.345 e. The molecule has 0 aliphatic heterocycles. The van der Waals surface area contributed by atoms with Gasteiger partial charge in [0, 0.05) is 23.4 Å². The zero-order valence-electron chi connectivity index (χ0n) is 13.4. The van der Waals surface area contributed by atoms with Gasteiger partial charge in [0.2, 0.25) is 0 Å². The Hall–Kier alpha value is -2.61. The molecule has 0 radical (unpaired) electrons. The van der Waals surface area contributed by atoms with Crippen LogP contribution < -0.4 is 10.9 Å². The molecule has 0 aromatic carbocycles. The highest BCUT2D eigenvalue weighted by atomic mass is 16.4. The van der Waals surface area contributed by atoms with Gasteiger partial charge < -0.3 is 20.5 Å². The average Bonchev–Trinajstić information content (AvgIpc) is 2.82. The summed E-state index contributed by atoms with van der Waals surface area (Å²) < 4.78 is 1.92. The second-order valence-corrected chi connectivity index (χ2v) is 5.88. The van der Waals surface area contributed by atoms with Crippen LogP contribution >= 0.6 is 0 Å². The number of aromatic hydroxyl groups is 1. The molecule has 0 atom stereocenters. The zero-order valence-corrected chi connectivity index (χ0v) is 13.4. The number of rotatable bonds is 5. The Morgan fingerprint density at radius 3 is 2.96 bits per heavy atom. The summed E-state index contributed by atoms with van der Waals surface area (Å²) in [6, 6.07) is 0. The van der Waals surface area contributed by atoms with Gasteiger partial charge in [0.25, 0.3) is 5.56 Å². The fraction of sp³-hybridized carbons (Fsp3) is 0.438. The van der Waals surface area contributed by atoms with E-state index in [9.17, 15) is 14.7 Å². The summed E-state index contributed by atoms with van der Waals surface area (Å²) in [6.45, 7) is 1.64. The van der Waals surface area contributed by atoms with E-state index in [1.54, 1.807) is 6.20 Å². The number of aromatic nitrogens is 3. The Labute approximate surface area is 138 Å². The number of nitrogens with one attached hydrogen (secondary N) is 2. The first-order chi connectivity index (χ1) is 11.5. The number of aryl methyl sites for hydroxylation is 1. The summed E-state index contributed by atoms with van der Waals surface area (Å²) in [5.41, 5.74) is 1.32. The Balaban J connectivity index is 2.10. The largest absolute Gasteiger partial charge is 0.506 e. The van der Waals surface area contributed by atoms with Gasteiger partial charge in [0.1, 0.15) is 5.75 Å². The maximum absolute atomic E-state index is 12.1. The van der Waals surface area contributed by atoms with Crippen molar-refractivity contribution < 1.29 is 15.0 Å². The highest BCUT2D eigenvalue weighted by Crippen LogP contribution is 2.35. The molecule has 128 valence electrons. The quantitative estimate of drug-likeness (QED) is 0.600. The Morgan fingerprint density at radius 1 is 1.46 bits per heavy atom. The predicted molar refractivity (Wildman–Crippen MR) is 87.5 cm³/mol. The van der Waals surface area contributed by atoms with Crippen LogP contribution in [0.4, 0.5) is 0 Å². The Morgan fingerprint density at radius 2 is 2.25 bits per heavy atom. The minimum Gasteiger partial charge on any atom is -0.506 e. The third-order valence-electron chi connectivity index (χ3n) is 4.36. The summed E-state index contributed by atoms with van der Waals surface area (Å²) in [6.07, 6.45) is 4.61. The van der Waals surface area contributed by atoms with E-state index < -0.39 is 22.8 Å². The normalized spacial score (nSPS) is 13.2. The number of carbonyl (C=O) groups is 1. The Kier molecular flexibility index (Phi) is 4.39. The van der Waals surface area contributed by atoms with Gasteiger partial charge in [-0.3, -0.25) is 9.48 Å². The van der Waals surface area contributed by atoms with Gasteiger partial charge in [-0.05, 0) is 39.3 Å². The van der Waals surface area contributed by atoms with Crippen LogP contribution in [0, 0.1) is 0 Å². The van der Waals surface area contributed by atoms with Crippen LogP contribution in [0.5, 0.6) is 5.75 Å². The number of pyridine rings is 1. The molecule has 0 bridgehead atoms. The summed E-state index contributed by atoms with van der Waals surface area (Å²) in [5, 5.41) is 26.9. The Bertz CT molecular complexity index is 837. The first kappa shape index (κ1) is 16.3. The van der Waals surface area contributed by atoms with E-state index in [-0.39, 0.29) is 0 Å². The van der Waals surface area contributed by atoms with Crippen molar-refractivity contribution in [2.75, 3.05) is 13.6 Å². The molecule has 0 spiro atoms. The average molecular weight is 332 g/mol. The number of H-pyrrole nitrogens is 1. The summed E-state index contributed by atoms with van der Waals surface area (Å²) >= 11 is 0. The van der Waals surface area contributed by atoms with Crippen LogP contribution in [-0.2, 0) is 19.4 Å². The molecule has 1 aliphatic carbocycles. The molecule has 8 nitrogen and oxygen atoms in total. The lowest BCUT2D eigenvalue weighted by molar-refractivity contribution is 0.0691. The number of carboxylic acids is 1. The second kappa shape index (κ2) is 6.48. The molecule has 2 heterocycles. The van der Waals surface area contributed by atoms with Crippen molar-refractivity contribution in [1.29, 1.82) is 0 Å². The van der Waals surface area contributed by atoms with Crippen molar-refractivity contribution >= 4 is 5.97 Å². The van der Waals surface area contributed by atoms with Crippen LogP contribution in [0.25, 0.3) is 11.3 Å². The number of fused-ring (bicyclic) bond motifs is 3. The highest BCUT2D eigenvalue weighted by molar-refractivity contribution is 5.92. The van der Waals surface area contributed by atoms with Crippen LogP contribution in [-0.4, -0.2) is 44.5 Å². The van der Waals surface area contributed by atoms with Crippen molar-refractivity contribution in [3.63, 3.8) is 0 Å². The molecule has 24 heavy (non-hydrogen) atoms. The molecule has 2 aromatic heterocycles. The molecule has 0 amide bonds. The summed E-state index contributed by atoms with van der Waals surface area (Å²) in [5.74, 6) is -1.86. The van der Waals surface area contributed by atoms with E-state index in [2.05, 4.69) is 15.4 Å². The lowest BCUT2D eigenvalue weighted by Gasteiger charge is -2.10. The molecular weight excluding hydrogens is 312 g/mol. The molecule has 8 heteroatoms. The van der Waals surface area contributed by atoms with Gasteiger partial charge in [0.15, 0.2) is 5.56 Å². The van der Waals surface area contributed by atoms with Gasteiger partial charge in [-0.25, -0.2) is 4.79 Å². The van der Waals surface area contributed by atoms with Gasteiger partial charge in [-0.15, -0.1) is 0 Å². The van der Waals surface area contributed by atoms with Crippen LogP contribution in [0.1, 0.15) is 34.5 Å². The predicted octanol–water partition coefficient (Wildman–Crippen LogP) is 0.740. The third-order valence-corrected chi connectivity index (χ3v) is 4.36.